The van der Waals surface area contributed by atoms with Gasteiger partial charge in [-0.25, -0.2) is 0 Å². The summed E-state index contributed by atoms with van der Waals surface area (Å²) in [6.07, 6.45) is 1.75. The van der Waals surface area contributed by atoms with E-state index >= 15 is 0 Å². The highest BCUT2D eigenvalue weighted by Gasteiger charge is 2.25. The van der Waals surface area contributed by atoms with Crippen molar-refractivity contribution in [3.63, 3.8) is 0 Å². The zero-order valence-corrected chi connectivity index (χ0v) is 8.12. The molecule has 1 saturated heterocycles. The van der Waals surface area contributed by atoms with Crippen molar-refractivity contribution in [2.75, 3.05) is 13.1 Å². The summed E-state index contributed by atoms with van der Waals surface area (Å²) in [5, 5.41) is 7.08. The molecule has 3 rings (SSSR count). The topological polar surface area (TPSA) is 63.8 Å². The summed E-state index contributed by atoms with van der Waals surface area (Å²) >= 11 is 1.51. The fourth-order valence-corrected chi connectivity index (χ4v) is 1.84. The SMILES string of the molecule is c1ncc(-c2noc(C3CNC3)n2)s1. The summed E-state index contributed by atoms with van der Waals surface area (Å²) in [4.78, 5) is 9.25. The van der Waals surface area contributed by atoms with Gasteiger partial charge in [0.25, 0.3) is 0 Å². The Morgan fingerprint density at radius 2 is 2.43 bits per heavy atom. The third-order valence-electron chi connectivity index (χ3n) is 2.23. The lowest BCUT2D eigenvalue weighted by atomic mass is 10.0. The van der Waals surface area contributed by atoms with Crippen LogP contribution in [0.4, 0.5) is 0 Å². The van der Waals surface area contributed by atoms with Gasteiger partial charge in [-0.1, -0.05) is 5.16 Å². The van der Waals surface area contributed by atoms with E-state index in [1.165, 1.54) is 11.3 Å². The Labute approximate surface area is 84.2 Å². The summed E-state index contributed by atoms with van der Waals surface area (Å²) < 4.78 is 5.17. The van der Waals surface area contributed by atoms with Crippen LogP contribution in [0.25, 0.3) is 10.7 Å². The minimum atomic E-state index is 0.393. The van der Waals surface area contributed by atoms with Gasteiger partial charge in [0, 0.05) is 19.3 Å². The van der Waals surface area contributed by atoms with E-state index in [1.54, 1.807) is 11.7 Å². The molecule has 0 radical (unpaired) electrons. The Morgan fingerprint density at radius 3 is 3.07 bits per heavy atom. The molecule has 6 heteroatoms. The molecule has 1 aliphatic rings. The first-order valence-corrected chi connectivity index (χ1v) is 5.24. The van der Waals surface area contributed by atoms with Crippen molar-refractivity contribution < 1.29 is 4.52 Å². The van der Waals surface area contributed by atoms with Gasteiger partial charge in [0.1, 0.15) is 0 Å². The van der Waals surface area contributed by atoms with E-state index in [4.69, 9.17) is 4.52 Å². The standard InChI is InChI=1S/C8H8N4OS/c1-5(2-9-1)8-11-7(12-13-8)6-3-10-4-14-6/h3-5,9H,1-2H2. The summed E-state index contributed by atoms with van der Waals surface area (Å²) in [7, 11) is 0. The largest absolute Gasteiger partial charge is 0.339 e. The Hall–Kier alpha value is -1.27. The smallest absolute Gasteiger partial charge is 0.232 e. The van der Waals surface area contributed by atoms with Crippen LogP contribution in [0, 0.1) is 0 Å². The van der Waals surface area contributed by atoms with Crippen molar-refractivity contribution in [2.45, 2.75) is 5.92 Å². The van der Waals surface area contributed by atoms with Crippen LogP contribution in [-0.4, -0.2) is 28.2 Å². The number of hydrogen-bond donors (Lipinski definition) is 1. The van der Waals surface area contributed by atoms with Crippen molar-refractivity contribution in [3.05, 3.63) is 17.6 Å². The molecule has 0 saturated carbocycles. The molecular formula is C8H8N4OS. The van der Waals surface area contributed by atoms with Crippen molar-refractivity contribution >= 4 is 11.3 Å². The highest BCUT2D eigenvalue weighted by Crippen LogP contribution is 2.23. The lowest BCUT2D eigenvalue weighted by Gasteiger charge is -2.22. The molecule has 0 bridgehead atoms. The maximum atomic E-state index is 5.17. The molecule has 72 valence electrons. The minimum Gasteiger partial charge on any atom is -0.339 e. The van der Waals surface area contributed by atoms with Crippen LogP contribution in [-0.2, 0) is 0 Å². The van der Waals surface area contributed by atoms with Gasteiger partial charge in [-0.05, 0) is 0 Å². The Bertz CT molecular complexity index is 420. The van der Waals surface area contributed by atoms with Crippen molar-refractivity contribution in [1.29, 1.82) is 0 Å². The molecule has 2 aromatic heterocycles. The second-order valence-electron chi connectivity index (χ2n) is 3.18. The first-order chi connectivity index (χ1) is 6.93. The van der Waals surface area contributed by atoms with Gasteiger partial charge in [-0.3, -0.25) is 4.98 Å². The second kappa shape index (κ2) is 3.14. The first-order valence-electron chi connectivity index (χ1n) is 4.36. The highest BCUT2D eigenvalue weighted by molar-refractivity contribution is 7.13. The highest BCUT2D eigenvalue weighted by atomic mass is 32.1. The van der Waals surface area contributed by atoms with Crippen LogP contribution in [0.5, 0.6) is 0 Å². The Morgan fingerprint density at radius 1 is 1.50 bits per heavy atom. The molecule has 0 aliphatic carbocycles. The van der Waals surface area contributed by atoms with E-state index in [9.17, 15) is 0 Å². The van der Waals surface area contributed by atoms with Gasteiger partial charge >= 0.3 is 0 Å². The van der Waals surface area contributed by atoms with E-state index in [0.29, 0.717) is 11.7 Å². The molecule has 2 aromatic rings. The molecule has 14 heavy (non-hydrogen) atoms. The van der Waals surface area contributed by atoms with Crippen LogP contribution in [0.1, 0.15) is 11.8 Å². The summed E-state index contributed by atoms with van der Waals surface area (Å²) in [6.45, 7) is 1.87. The predicted octanol–water partition coefficient (Wildman–Crippen LogP) is 0.880. The van der Waals surface area contributed by atoms with E-state index in [0.717, 1.165) is 23.9 Å². The normalized spacial score (nSPS) is 16.9. The zero-order valence-electron chi connectivity index (χ0n) is 7.30. The average molecular weight is 208 g/mol. The molecule has 1 aliphatic heterocycles. The van der Waals surface area contributed by atoms with E-state index in [-0.39, 0.29) is 0 Å². The third kappa shape index (κ3) is 1.23. The molecule has 0 aromatic carbocycles. The van der Waals surface area contributed by atoms with Crippen LogP contribution in [0.2, 0.25) is 0 Å². The molecule has 0 atom stereocenters. The maximum Gasteiger partial charge on any atom is 0.232 e. The number of nitrogens with zero attached hydrogens (tertiary/aromatic N) is 3. The average Bonchev–Trinajstić information content (AvgIpc) is 2.65. The zero-order chi connectivity index (χ0) is 9.38. The summed E-state index contributed by atoms with van der Waals surface area (Å²) in [5.74, 6) is 1.77. The molecule has 1 N–H and O–H groups in total. The maximum absolute atomic E-state index is 5.17. The molecule has 0 spiro atoms. The monoisotopic (exact) mass is 208 g/mol. The fourth-order valence-electron chi connectivity index (χ4n) is 1.29. The summed E-state index contributed by atoms with van der Waals surface area (Å²) in [6, 6.07) is 0. The minimum absolute atomic E-state index is 0.393. The number of aromatic nitrogens is 3. The number of rotatable bonds is 2. The molecule has 1 fully saturated rings. The van der Waals surface area contributed by atoms with Crippen molar-refractivity contribution in [3.8, 4) is 10.7 Å². The van der Waals surface area contributed by atoms with Crippen molar-refractivity contribution in [2.24, 2.45) is 0 Å². The number of nitrogens with one attached hydrogen (secondary N) is 1. The third-order valence-corrected chi connectivity index (χ3v) is 2.99. The van der Waals surface area contributed by atoms with E-state index in [2.05, 4.69) is 20.4 Å². The molecule has 0 unspecified atom stereocenters. The Balaban J connectivity index is 1.90. The molecule has 0 amide bonds. The van der Waals surface area contributed by atoms with Crippen LogP contribution >= 0.6 is 11.3 Å². The van der Waals surface area contributed by atoms with E-state index in [1.807, 2.05) is 0 Å². The molecular weight excluding hydrogens is 200 g/mol. The lowest BCUT2D eigenvalue weighted by Crippen LogP contribution is -2.40. The molecule has 3 heterocycles. The second-order valence-corrected chi connectivity index (χ2v) is 4.06. The number of hydrogen-bond acceptors (Lipinski definition) is 6. The fraction of sp³-hybridized carbons (Fsp3) is 0.375. The Kier molecular flexibility index (Phi) is 1.81. The summed E-state index contributed by atoms with van der Waals surface area (Å²) in [5.41, 5.74) is 1.76. The van der Waals surface area contributed by atoms with Gasteiger partial charge in [-0.15, -0.1) is 11.3 Å². The first kappa shape index (κ1) is 8.07. The molecule has 5 nitrogen and oxygen atoms in total. The van der Waals surface area contributed by atoms with Crippen LogP contribution in [0.15, 0.2) is 16.2 Å². The van der Waals surface area contributed by atoms with Gasteiger partial charge in [0.15, 0.2) is 0 Å². The lowest BCUT2D eigenvalue weighted by molar-refractivity contribution is 0.308. The van der Waals surface area contributed by atoms with Gasteiger partial charge in [0.05, 0.1) is 16.3 Å². The van der Waals surface area contributed by atoms with Crippen LogP contribution in [0.3, 0.4) is 0 Å². The van der Waals surface area contributed by atoms with Crippen molar-refractivity contribution in [1.82, 2.24) is 20.4 Å². The van der Waals surface area contributed by atoms with Gasteiger partial charge < -0.3 is 9.84 Å². The quantitative estimate of drug-likeness (QED) is 0.793. The van der Waals surface area contributed by atoms with E-state index < -0.39 is 0 Å². The van der Waals surface area contributed by atoms with Gasteiger partial charge in [0.2, 0.25) is 11.7 Å². The number of thiazole rings is 1. The van der Waals surface area contributed by atoms with Gasteiger partial charge in [-0.2, -0.15) is 4.98 Å². The predicted molar refractivity (Wildman–Crippen MR) is 51.0 cm³/mol. The van der Waals surface area contributed by atoms with Crippen LogP contribution < -0.4 is 5.32 Å².